The Bertz CT molecular complexity index is 832. The van der Waals surface area contributed by atoms with Crippen LogP contribution in [0, 0.1) is 6.07 Å². The molecule has 0 bridgehead atoms. The Morgan fingerprint density at radius 3 is 2.46 bits per heavy atom. The molecule has 2 aromatic rings. The summed E-state index contributed by atoms with van der Waals surface area (Å²) >= 11 is 0. The van der Waals surface area contributed by atoms with Gasteiger partial charge in [0.25, 0.3) is 0 Å². The van der Waals surface area contributed by atoms with Crippen molar-refractivity contribution in [1.82, 2.24) is 9.29 Å². The van der Waals surface area contributed by atoms with E-state index in [-0.39, 0.29) is 10.9 Å². The number of piperidine rings is 1. The summed E-state index contributed by atoms with van der Waals surface area (Å²) in [6, 6.07) is 11.2. The summed E-state index contributed by atoms with van der Waals surface area (Å²) in [4.78, 5) is 3.99. The van der Waals surface area contributed by atoms with Gasteiger partial charge in [0.15, 0.2) is 0 Å². The van der Waals surface area contributed by atoms with Crippen LogP contribution in [0.1, 0.15) is 18.4 Å². The lowest BCUT2D eigenvalue weighted by Crippen LogP contribution is -2.42. The second-order valence-corrected chi connectivity index (χ2v) is 7.93. The van der Waals surface area contributed by atoms with Crippen molar-refractivity contribution in [2.45, 2.75) is 30.0 Å². The van der Waals surface area contributed by atoms with Crippen molar-refractivity contribution in [1.29, 1.82) is 0 Å². The number of benzene rings is 1. The van der Waals surface area contributed by atoms with Gasteiger partial charge in [0.2, 0.25) is 10.0 Å². The summed E-state index contributed by atoms with van der Waals surface area (Å²) in [6.45, 7) is 0.658. The molecular weight excluding hydrogens is 367 g/mol. The molecule has 3 rings (SSSR count). The van der Waals surface area contributed by atoms with E-state index < -0.39 is 21.8 Å². The van der Waals surface area contributed by atoms with Crippen molar-refractivity contribution in [3.8, 4) is 0 Å². The maximum Gasteiger partial charge on any atom is 0.417 e. The zero-order valence-corrected chi connectivity index (χ0v) is 14.5. The Kier molecular flexibility index (Phi) is 5.19. The molecule has 139 valence electrons. The van der Waals surface area contributed by atoms with Gasteiger partial charge in [-0.2, -0.15) is 17.5 Å². The van der Waals surface area contributed by atoms with Crippen LogP contribution >= 0.6 is 0 Å². The molecule has 0 atom stereocenters. The second-order valence-electron chi connectivity index (χ2n) is 5.99. The lowest BCUT2D eigenvalue weighted by molar-refractivity contribution is -0.137. The molecular formula is C17H17F3N3O2S. The third kappa shape index (κ3) is 4.16. The molecule has 1 aromatic heterocycles. The highest BCUT2D eigenvalue weighted by Gasteiger charge is 2.31. The number of rotatable bonds is 4. The zero-order chi connectivity index (χ0) is 18.8. The van der Waals surface area contributed by atoms with E-state index in [0.29, 0.717) is 31.7 Å². The average Bonchev–Trinajstić information content (AvgIpc) is 2.63. The summed E-state index contributed by atoms with van der Waals surface area (Å²) in [5.74, 6) is 0.344. The molecule has 0 spiro atoms. The number of alkyl halides is 3. The normalized spacial score (nSPS) is 17.2. The molecule has 1 saturated heterocycles. The molecule has 1 N–H and O–H groups in total. The highest BCUT2D eigenvalue weighted by molar-refractivity contribution is 7.89. The number of hydrogen-bond acceptors (Lipinski definition) is 4. The quantitative estimate of drug-likeness (QED) is 0.880. The van der Waals surface area contributed by atoms with Crippen LogP contribution in [0.3, 0.4) is 0 Å². The van der Waals surface area contributed by atoms with Crippen molar-refractivity contribution in [2.24, 2.45) is 0 Å². The summed E-state index contributed by atoms with van der Waals surface area (Å²) in [5, 5.41) is 3.07. The number of aromatic nitrogens is 1. The van der Waals surface area contributed by atoms with Gasteiger partial charge in [0.1, 0.15) is 5.82 Å². The molecule has 26 heavy (non-hydrogen) atoms. The fourth-order valence-electron chi connectivity index (χ4n) is 2.78. The molecule has 1 aromatic carbocycles. The van der Waals surface area contributed by atoms with Crippen molar-refractivity contribution in [3.63, 3.8) is 0 Å². The van der Waals surface area contributed by atoms with Crippen LogP contribution in [0.5, 0.6) is 0 Å². The average molecular weight is 384 g/mol. The standard InChI is InChI=1S/C17H17F3N3O2S/c18-17(19,20)13-6-7-16(21-12-13)22-14-8-10-23(11-9-14)26(24,25)15-4-2-1-3-5-15/h1-2,4-7,12,14H,8-11H2,(H,21,22). The van der Waals surface area contributed by atoms with E-state index in [1.165, 1.54) is 22.5 Å². The molecule has 0 unspecified atom stereocenters. The first-order valence-corrected chi connectivity index (χ1v) is 9.47. The highest BCUT2D eigenvalue weighted by Crippen LogP contribution is 2.29. The molecule has 5 nitrogen and oxygen atoms in total. The van der Waals surface area contributed by atoms with Crippen LogP contribution in [0.4, 0.5) is 19.0 Å². The van der Waals surface area contributed by atoms with Crippen LogP contribution in [-0.4, -0.2) is 36.8 Å². The molecule has 0 saturated carbocycles. The zero-order valence-electron chi connectivity index (χ0n) is 13.7. The van der Waals surface area contributed by atoms with Gasteiger partial charge in [-0.25, -0.2) is 13.4 Å². The molecule has 2 heterocycles. The lowest BCUT2D eigenvalue weighted by atomic mass is 10.1. The van der Waals surface area contributed by atoms with Gasteiger partial charge in [0.05, 0.1) is 10.5 Å². The first-order valence-electron chi connectivity index (χ1n) is 8.03. The maximum atomic E-state index is 12.6. The number of nitrogens with zero attached hydrogens (tertiary/aromatic N) is 2. The summed E-state index contributed by atoms with van der Waals surface area (Å²) in [6.07, 6.45) is -2.55. The van der Waals surface area contributed by atoms with Gasteiger partial charge in [-0.1, -0.05) is 12.1 Å². The minimum Gasteiger partial charge on any atom is -0.367 e. The first-order chi connectivity index (χ1) is 12.3. The van der Waals surface area contributed by atoms with Crippen molar-refractivity contribution in [2.75, 3.05) is 18.4 Å². The monoisotopic (exact) mass is 384 g/mol. The highest BCUT2D eigenvalue weighted by atomic mass is 32.2. The smallest absolute Gasteiger partial charge is 0.367 e. The SMILES string of the molecule is O=S(=O)(c1c[c]ccc1)N1CCC(Nc2ccc(C(F)(F)F)cn2)CC1. The van der Waals surface area contributed by atoms with Gasteiger partial charge in [-0.3, -0.25) is 0 Å². The van der Waals surface area contributed by atoms with E-state index in [0.717, 1.165) is 12.3 Å². The number of hydrogen-bond donors (Lipinski definition) is 1. The number of sulfonamides is 1. The van der Waals surface area contributed by atoms with Crippen LogP contribution in [0.25, 0.3) is 0 Å². The van der Waals surface area contributed by atoms with Gasteiger partial charge in [-0.15, -0.1) is 0 Å². The molecule has 1 aliphatic heterocycles. The third-order valence-electron chi connectivity index (χ3n) is 4.21. The molecule has 1 radical (unpaired) electrons. The Morgan fingerprint density at radius 1 is 1.19 bits per heavy atom. The van der Waals surface area contributed by atoms with Crippen molar-refractivity contribution in [3.05, 3.63) is 54.2 Å². The van der Waals surface area contributed by atoms with Gasteiger partial charge in [-0.05, 0) is 43.2 Å². The fraction of sp³-hybridized carbons (Fsp3) is 0.353. The Morgan fingerprint density at radius 2 is 1.92 bits per heavy atom. The number of pyridine rings is 1. The minimum atomic E-state index is -4.42. The Balaban J connectivity index is 1.59. The summed E-state index contributed by atoms with van der Waals surface area (Å²) < 4.78 is 64.2. The van der Waals surface area contributed by atoms with Crippen LogP contribution < -0.4 is 5.32 Å². The maximum absolute atomic E-state index is 12.6. The minimum absolute atomic E-state index is 0.0481. The number of halogens is 3. The molecule has 0 aliphatic carbocycles. The molecule has 1 fully saturated rings. The van der Waals surface area contributed by atoms with Crippen LogP contribution in [0.15, 0.2) is 47.5 Å². The lowest BCUT2D eigenvalue weighted by Gasteiger charge is -2.31. The van der Waals surface area contributed by atoms with Crippen molar-refractivity contribution >= 4 is 15.8 Å². The van der Waals surface area contributed by atoms with E-state index in [4.69, 9.17) is 0 Å². The fourth-order valence-corrected chi connectivity index (χ4v) is 4.24. The van der Waals surface area contributed by atoms with E-state index in [1.807, 2.05) is 0 Å². The summed E-state index contributed by atoms with van der Waals surface area (Å²) in [7, 11) is -3.55. The van der Waals surface area contributed by atoms with Crippen LogP contribution in [0.2, 0.25) is 0 Å². The molecule has 0 amide bonds. The van der Waals surface area contributed by atoms with E-state index in [1.54, 1.807) is 12.1 Å². The Hall–Kier alpha value is -2.13. The van der Waals surface area contributed by atoms with E-state index >= 15 is 0 Å². The first kappa shape index (κ1) is 18.7. The second kappa shape index (κ2) is 7.24. The largest absolute Gasteiger partial charge is 0.417 e. The van der Waals surface area contributed by atoms with E-state index in [9.17, 15) is 21.6 Å². The van der Waals surface area contributed by atoms with Gasteiger partial charge in [0, 0.05) is 25.3 Å². The van der Waals surface area contributed by atoms with Gasteiger partial charge < -0.3 is 5.32 Å². The summed E-state index contributed by atoms with van der Waals surface area (Å²) in [5.41, 5.74) is -0.802. The third-order valence-corrected chi connectivity index (χ3v) is 6.11. The predicted molar refractivity (Wildman–Crippen MR) is 89.9 cm³/mol. The number of anilines is 1. The van der Waals surface area contributed by atoms with E-state index in [2.05, 4.69) is 16.4 Å². The molecule has 9 heteroatoms. The molecule has 1 aliphatic rings. The van der Waals surface area contributed by atoms with Crippen LogP contribution in [-0.2, 0) is 16.2 Å². The Labute approximate surface area is 149 Å². The van der Waals surface area contributed by atoms with Crippen molar-refractivity contribution < 1.29 is 21.6 Å². The number of nitrogens with one attached hydrogen (secondary N) is 1. The topological polar surface area (TPSA) is 62.3 Å². The van der Waals surface area contributed by atoms with Gasteiger partial charge >= 0.3 is 6.18 Å². The predicted octanol–water partition coefficient (Wildman–Crippen LogP) is 3.17.